The van der Waals surface area contributed by atoms with Crippen molar-refractivity contribution in [1.29, 1.82) is 0 Å². The van der Waals surface area contributed by atoms with Gasteiger partial charge in [0.1, 0.15) is 0 Å². The van der Waals surface area contributed by atoms with E-state index in [1.54, 1.807) is 0 Å². The van der Waals surface area contributed by atoms with Crippen molar-refractivity contribution in [2.45, 2.75) is 11.8 Å². The lowest BCUT2D eigenvalue weighted by Crippen LogP contribution is -2.00. The zero-order chi connectivity index (χ0) is 11.0. The monoisotopic (exact) mass is 227 g/mol. The Morgan fingerprint density at radius 2 is 1.62 bits per heavy atom. The van der Waals surface area contributed by atoms with Gasteiger partial charge in [-0.15, -0.1) is 0 Å². The molecule has 0 spiro atoms. The third-order valence-electron chi connectivity index (χ3n) is 2.82. The highest BCUT2D eigenvalue weighted by Gasteiger charge is 2.15. The van der Waals surface area contributed by atoms with Crippen molar-refractivity contribution < 1.29 is 0 Å². The van der Waals surface area contributed by atoms with E-state index < -0.39 is 0 Å². The first kappa shape index (κ1) is 9.79. The summed E-state index contributed by atoms with van der Waals surface area (Å²) in [6.07, 6.45) is 0. The minimum absolute atomic E-state index is 0.0371. The molecule has 1 heterocycles. The molecule has 1 aliphatic heterocycles. The van der Waals surface area contributed by atoms with Crippen molar-refractivity contribution in [2.24, 2.45) is 4.36 Å². The van der Waals surface area contributed by atoms with Gasteiger partial charge >= 0.3 is 0 Å². The molecule has 2 aromatic rings. The van der Waals surface area contributed by atoms with Crippen molar-refractivity contribution in [3.8, 4) is 11.1 Å². The van der Waals surface area contributed by atoms with Gasteiger partial charge < -0.3 is 0 Å². The van der Waals surface area contributed by atoms with Crippen molar-refractivity contribution >= 4 is 16.4 Å². The third kappa shape index (κ3) is 1.41. The number of hydrogen-bond donors (Lipinski definition) is 0. The Morgan fingerprint density at radius 3 is 2.44 bits per heavy atom. The van der Waals surface area contributed by atoms with E-state index >= 15 is 0 Å². The second-order valence-corrected chi connectivity index (χ2v) is 5.69. The summed E-state index contributed by atoms with van der Waals surface area (Å²) < 4.78 is 4.83. The minimum Gasteiger partial charge on any atom is -0.223 e. The minimum atomic E-state index is 0.0371. The first-order valence-electron chi connectivity index (χ1n) is 5.51. The lowest BCUT2D eigenvalue weighted by atomic mass is 10.0. The van der Waals surface area contributed by atoms with E-state index in [1.165, 1.54) is 16.0 Å². The fraction of sp³-hybridized carbons (Fsp3) is 0.143. The standard InChI is InChI=1S/C14H13NS/c1-2-16-14-10-6-4-8-12(14)11-7-3-5-9-13(11)15-16/h3-10H,2H2,1H3. The second kappa shape index (κ2) is 3.87. The van der Waals surface area contributed by atoms with Gasteiger partial charge in [-0.05, 0) is 17.7 Å². The number of benzene rings is 2. The van der Waals surface area contributed by atoms with E-state index in [9.17, 15) is 0 Å². The van der Waals surface area contributed by atoms with Gasteiger partial charge in [0.05, 0.1) is 5.69 Å². The molecule has 2 aromatic carbocycles. The topological polar surface area (TPSA) is 12.4 Å². The summed E-state index contributed by atoms with van der Waals surface area (Å²) in [5.74, 6) is 1.09. The van der Waals surface area contributed by atoms with Crippen LogP contribution in [0.3, 0.4) is 0 Å². The molecule has 16 heavy (non-hydrogen) atoms. The summed E-state index contributed by atoms with van der Waals surface area (Å²) >= 11 is 0. The first-order chi connectivity index (χ1) is 7.90. The zero-order valence-corrected chi connectivity index (χ0v) is 10.00. The van der Waals surface area contributed by atoms with Gasteiger partial charge in [-0.1, -0.05) is 54.0 Å². The highest BCUT2D eigenvalue weighted by atomic mass is 32.2. The number of nitrogens with zero attached hydrogens (tertiary/aromatic N) is 1. The summed E-state index contributed by atoms with van der Waals surface area (Å²) in [5, 5.41) is 0. The molecule has 1 aliphatic rings. The molecule has 0 saturated carbocycles. The third-order valence-corrected chi connectivity index (χ3v) is 4.64. The second-order valence-electron chi connectivity index (χ2n) is 3.76. The zero-order valence-electron chi connectivity index (χ0n) is 9.18. The predicted octanol–water partition coefficient (Wildman–Crippen LogP) is 4.18. The van der Waals surface area contributed by atoms with Crippen molar-refractivity contribution in [2.75, 3.05) is 5.75 Å². The van der Waals surface area contributed by atoms with Crippen LogP contribution in [0.1, 0.15) is 6.92 Å². The van der Waals surface area contributed by atoms with Gasteiger partial charge in [0.15, 0.2) is 0 Å². The summed E-state index contributed by atoms with van der Waals surface area (Å²) in [6.45, 7) is 2.21. The van der Waals surface area contributed by atoms with Crippen LogP contribution in [0.25, 0.3) is 11.1 Å². The van der Waals surface area contributed by atoms with Crippen LogP contribution in [-0.4, -0.2) is 5.75 Å². The molecule has 0 aliphatic carbocycles. The molecule has 0 saturated heterocycles. The van der Waals surface area contributed by atoms with E-state index in [2.05, 4.69) is 55.5 Å². The molecule has 0 N–H and O–H groups in total. The molecule has 0 radical (unpaired) electrons. The Balaban J connectivity index is 2.35. The molecule has 0 fully saturated rings. The first-order valence-corrected chi connectivity index (χ1v) is 6.86. The van der Waals surface area contributed by atoms with E-state index in [1.807, 2.05) is 0 Å². The maximum absolute atomic E-state index is 4.83. The summed E-state index contributed by atoms with van der Waals surface area (Å²) in [7, 11) is 0.0371. The van der Waals surface area contributed by atoms with Crippen LogP contribution in [0.2, 0.25) is 0 Å². The Hall–Kier alpha value is -1.41. The van der Waals surface area contributed by atoms with Crippen LogP contribution >= 0.6 is 0 Å². The van der Waals surface area contributed by atoms with Crippen molar-refractivity contribution in [1.82, 2.24) is 0 Å². The van der Waals surface area contributed by atoms with Crippen LogP contribution in [0, 0.1) is 0 Å². The summed E-state index contributed by atoms with van der Waals surface area (Å²) in [6, 6.07) is 17.1. The number of rotatable bonds is 1. The molecule has 1 nitrogen and oxygen atoms in total. The van der Waals surface area contributed by atoms with Gasteiger partial charge in [0, 0.05) is 16.2 Å². The molecule has 0 amide bonds. The van der Waals surface area contributed by atoms with E-state index in [-0.39, 0.29) is 10.7 Å². The van der Waals surface area contributed by atoms with Gasteiger partial charge in [0.2, 0.25) is 0 Å². The smallest absolute Gasteiger partial charge is 0.0785 e. The Bertz CT molecular complexity index is 572. The number of fused-ring (bicyclic) bond motifs is 3. The van der Waals surface area contributed by atoms with Gasteiger partial charge in [-0.25, -0.2) is 4.36 Å². The van der Waals surface area contributed by atoms with E-state index in [4.69, 9.17) is 4.36 Å². The Kier molecular flexibility index (Phi) is 2.37. The predicted molar refractivity (Wildman–Crippen MR) is 70.1 cm³/mol. The SMILES string of the molecule is CCS1=Nc2ccccc2-c2ccccc21. The molecular weight excluding hydrogens is 214 g/mol. The van der Waals surface area contributed by atoms with Gasteiger partial charge in [-0.2, -0.15) is 0 Å². The Morgan fingerprint density at radius 1 is 0.938 bits per heavy atom. The summed E-state index contributed by atoms with van der Waals surface area (Å²) in [5.41, 5.74) is 3.78. The van der Waals surface area contributed by atoms with Crippen molar-refractivity contribution in [3.05, 3.63) is 48.5 Å². The van der Waals surface area contributed by atoms with E-state index in [0.717, 1.165) is 11.4 Å². The van der Waals surface area contributed by atoms with Crippen LogP contribution in [0.4, 0.5) is 5.69 Å². The lowest BCUT2D eigenvalue weighted by molar-refractivity contribution is 1.35. The maximum atomic E-state index is 4.83. The van der Waals surface area contributed by atoms with Crippen LogP contribution in [0.5, 0.6) is 0 Å². The molecule has 1 atom stereocenters. The summed E-state index contributed by atoms with van der Waals surface area (Å²) in [4.78, 5) is 1.39. The fourth-order valence-electron chi connectivity index (χ4n) is 2.06. The molecule has 0 aromatic heterocycles. The maximum Gasteiger partial charge on any atom is 0.0785 e. The molecule has 80 valence electrons. The quantitative estimate of drug-likeness (QED) is 0.693. The van der Waals surface area contributed by atoms with Gasteiger partial charge in [-0.3, -0.25) is 0 Å². The van der Waals surface area contributed by atoms with Crippen molar-refractivity contribution in [3.63, 3.8) is 0 Å². The molecular formula is C14H13NS. The number of hydrogen-bond acceptors (Lipinski definition) is 1. The fourth-order valence-corrected chi connectivity index (χ4v) is 3.67. The molecule has 3 rings (SSSR count). The average molecular weight is 227 g/mol. The lowest BCUT2D eigenvalue weighted by Gasteiger charge is -2.19. The van der Waals surface area contributed by atoms with Crippen LogP contribution < -0.4 is 0 Å². The Labute approximate surface area is 98.2 Å². The van der Waals surface area contributed by atoms with Gasteiger partial charge in [0.25, 0.3) is 0 Å². The highest BCUT2D eigenvalue weighted by Crippen LogP contribution is 2.39. The molecule has 0 bridgehead atoms. The van der Waals surface area contributed by atoms with E-state index in [0.29, 0.717) is 0 Å². The normalized spacial score (nSPS) is 17.2. The van der Waals surface area contributed by atoms with Crippen LogP contribution in [-0.2, 0) is 10.7 Å². The largest absolute Gasteiger partial charge is 0.223 e. The highest BCUT2D eigenvalue weighted by molar-refractivity contribution is 7.87. The van der Waals surface area contributed by atoms with Crippen LogP contribution in [0.15, 0.2) is 57.8 Å². The molecule has 2 heteroatoms. The average Bonchev–Trinajstić information content (AvgIpc) is 2.38. The molecule has 1 unspecified atom stereocenters.